The Hall–Kier alpha value is -0.0800. The first-order chi connectivity index (χ1) is 9.29. The zero-order chi connectivity index (χ0) is 13.2. The van der Waals surface area contributed by atoms with E-state index in [-0.39, 0.29) is 6.10 Å². The lowest BCUT2D eigenvalue weighted by atomic mass is 9.82. The number of aliphatic hydroxyl groups is 1. The molecule has 2 aliphatic carbocycles. The normalized spacial score (nSPS) is 44.8. The van der Waals surface area contributed by atoms with Gasteiger partial charge in [-0.1, -0.05) is 32.6 Å². The summed E-state index contributed by atoms with van der Waals surface area (Å²) in [7, 11) is 0. The minimum Gasteiger partial charge on any atom is -0.393 e. The third-order valence-electron chi connectivity index (χ3n) is 6.17. The highest BCUT2D eigenvalue weighted by molar-refractivity contribution is 4.95. The first-order valence-electron chi connectivity index (χ1n) is 8.73. The van der Waals surface area contributed by atoms with Gasteiger partial charge < -0.3 is 5.11 Å². The van der Waals surface area contributed by atoms with Crippen LogP contribution < -0.4 is 0 Å². The van der Waals surface area contributed by atoms with Crippen LogP contribution in [0.25, 0.3) is 0 Å². The highest BCUT2D eigenvalue weighted by Crippen LogP contribution is 2.40. The van der Waals surface area contributed by atoms with Gasteiger partial charge >= 0.3 is 0 Å². The summed E-state index contributed by atoms with van der Waals surface area (Å²) < 4.78 is 0. The summed E-state index contributed by atoms with van der Waals surface area (Å²) in [5.74, 6) is 1.55. The van der Waals surface area contributed by atoms with Crippen LogP contribution in [0.1, 0.15) is 71.1 Å². The van der Waals surface area contributed by atoms with Crippen LogP contribution in [0.15, 0.2) is 0 Å². The highest BCUT2D eigenvalue weighted by Gasteiger charge is 2.41. The SMILES string of the molecule is CCC1CCCC(N2CCCC2C2CCCC2O)C1. The molecule has 110 valence electrons. The Labute approximate surface area is 118 Å². The van der Waals surface area contributed by atoms with Crippen LogP contribution in [0.2, 0.25) is 0 Å². The Morgan fingerprint density at radius 3 is 2.58 bits per heavy atom. The van der Waals surface area contributed by atoms with Crippen LogP contribution in [0.3, 0.4) is 0 Å². The molecule has 19 heavy (non-hydrogen) atoms. The van der Waals surface area contributed by atoms with Gasteiger partial charge in [-0.15, -0.1) is 0 Å². The predicted molar refractivity (Wildman–Crippen MR) is 79.1 cm³/mol. The Morgan fingerprint density at radius 1 is 1.00 bits per heavy atom. The van der Waals surface area contributed by atoms with Crippen molar-refractivity contribution in [2.75, 3.05) is 6.54 Å². The van der Waals surface area contributed by atoms with E-state index in [1.165, 1.54) is 64.3 Å². The average Bonchev–Trinajstić information content (AvgIpc) is 3.06. The van der Waals surface area contributed by atoms with E-state index >= 15 is 0 Å². The van der Waals surface area contributed by atoms with Crippen molar-refractivity contribution in [1.82, 2.24) is 4.90 Å². The van der Waals surface area contributed by atoms with E-state index in [4.69, 9.17) is 0 Å². The van der Waals surface area contributed by atoms with E-state index in [0.29, 0.717) is 12.0 Å². The van der Waals surface area contributed by atoms with Gasteiger partial charge in [-0.2, -0.15) is 0 Å². The number of rotatable bonds is 3. The molecule has 0 aromatic heterocycles. The monoisotopic (exact) mass is 265 g/mol. The summed E-state index contributed by atoms with van der Waals surface area (Å²) in [6, 6.07) is 1.54. The van der Waals surface area contributed by atoms with Crippen molar-refractivity contribution in [1.29, 1.82) is 0 Å². The predicted octanol–water partition coefficient (Wildman–Crippen LogP) is 3.58. The Morgan fingerprint density at radius 2 is 1.84 bits per heavy atom. The Kier molecular flexibility index (Phi) is 4.48. The van der Waals surface area contributed by atoms with Crippen molar-refractivity contribution >= 4 is 0 Å². The molecule has 2 saturated carbocycles. The van der Waals surface area contributed by atoms with Crippen LogP contribution in [-0.2, 0) is 0 Å². The van der Waals surface area contributed by atoms with Crippen LogP contribution in [0.4, 0.5) is 0 Å². The van der Waals surface area contributed by atoms with Crippen LogP contribution in [0.5, 0.6) is 0 Å². The second kappa shape index (κ2) is 6.13. The van der Waals surface area contributed by atoms with Gasteiger partial charge in [-0.05, 0) is 51.0 Å². The number of hydrogen-bond donors (Lipinski definition) is 1. The van der Waals surface area contributed by atoms with E-state index in [2.05, 4.69) is 11.8 Å². The molecule has 0 aromatic carbocycles. The number of likely N-dealkylation sites (tertiary alicyclic amines) is 1. The molecule has 5 atom stereocenters. The van der Waals surface area contributed by atoms with Gasteiger partial charge in [0.25, 0.3) is 0 Å². The maximum Gasteiger partial charge on any atom is 0.0583 e. The van der Waals surface area contributed by atoms with Crippen molar-refractivity contribution in [3.63, 3.8) is 0 Å². The smallest absolute Gasteiger partial charge is 0.0583 e. The summed E-state index contributed by atoms with van der Waals surface area (Å²) in [6.45, 7) is 3.66. The largest absolute Gasteiger partial charge is 0.393 e. The summed E-state index contributed by atoms with van der Waals surface area (Å²) >= 11 is 0. The van der Waals surface area contributed by atoms with Gasteiger partial charge in [-0.3, -0.25) is 4.90 Å². The lowest BCUT2D eigenvalue weighted by Gasteiger charge is -2.41. The molecule has 1 heterocycles. The Bertz CT molecular complexity index is 293. The van der Waals surface area contributed by atoms with Crippen LogP contribution in [0, 0.1) is 11.8 Å². The lowest BCUT2D eigenvalue weighted by Crippen LogP contribution is -2.46. The Balaban J connectivity index is 1.65. The molecule has 5 unspecified atom stereocenters. The topological polar surface area (TPSA) is 23.5 Å². The number of hydrogen-bond acceptors (Lipinski definition) is 2. The summed E-state index contributed by atoms with van der Waals surface area (Å²) in [5.41, 5.74) is 0. The molecule has 1 aliphatic heterocycles. The van der Waals surface area contributed by atoms with E-state index in [1.54, 1.807) is 0 Å². The molecule has 2 heteroatoms. The summed E-state index contributed by atoms with van der Waals surface area (Å²) in [4.78, 5) is 2.82. The minimum absolute atomic E-state index is 0.00355. The summed E-state index contributed by atoms with van der Waals surface area (Å²) in [5, 5.41) is 10.2. The number of nitrogens with zero attached hydrogens (tertiary/aromatic N) is 1. The summed E-state index contributed by atoms with van der Waals surface area (Å²) in [6.07, 6.45) is 13.4. The second-order valence-electron chi connectivity index (χ2n) is 7.20. The zero-order valence-corrected chi connectivity index (χ0v) is 12.6. The van der Waals surface area contributed by atoms with Crippen molar-refractivity contribution in [3.05, 3.63) is 0 Å². The van der Waals surface area contributed by atoms with Gasteiger partial charge in [0.1, 0.15) is 0 Å². The molecule has 3 rings (SSSR count). The van der Waals surface area contributed by atoms with Crippen molar-refractivity contribution < 1.29 is 5.11 Å². The molecular weight excluding hydrogens is 234 g/mol. The molecule has 0 amide bonds. The van der Waals surface area contributed by atoms with Crippen LogP contribution >= 0.6 is 0 Å². The quantitative estimate of drug-likeness (QED) is 0.843. The van der Waals surface area contributed by atoms with Gasteiger partial charge in [0, 0.05) is 18.0 Å². The van der Waals surface area contributed by atoms with Gasteiger partial charge in [0.2, 0.25) is 0 Å². The molecule has 0 radical (unpaired) electrons. The first-order valence-corrected chi connectivity index (χ1v) is 8.73. The minimum atomic E-state index is -0.00355. The lowest BCUT2D eigenvalue weighted by molar-refractivity contribution is 0.0395. The van der Waals surface area contributed by atoms with E-state index in [9.17, 15) is 5.11 Å². The molecule has 0 aromatic rings. The van der Waals surface area contributed by atoms with Gasteiger partial charge in [0.15, 0.2) is 0 Å². The fraction of sp³-hybridized carbons (Fsp3) is 1.00. The molecule has 3 fully saturated rings. The molecule has 3 aliphatic rings. The molecule has 0 bridgehead atoms. The standard InChI is InChI=1S/C17H31NO/c1-2-13-6-3-7-14(12-13)18-11-5-9-16(18)15-8-4-10-17(15)19/h13-17,19H,2-12H2,1H3. The van der Waals surface area contributed by atoms with Crippen molar-refractivity contribution in [2.24, 2.45) is 11.8 Å². The molecular formula is C17H31NO. The molecule has 0 spiro atoms. The third-order valence-corrected chi connectivity index (χ3v) is 6.17. The third kappa shape index (κ3) is 2.85. The fourth-order valence-electron chi connectivity index (χ4n) is 5.08. The second-order valence-corrected chi connectivity index (χ2v) is 7.20. The van der Waals surface area contributed by atoms with Gasteiger partial charge in [-0.25, -0.2) is 0 Å². The van der Waals surface area contributed by atoms with Gasteiger partial charge in [0.05, 0.1) is 6.10 Å². The first kappa shape index (κ1) is 13.9. The van der Waals surface area contributed by atoms with Crippen molar-refractivity contribution in [2.45, 2.75) is 89.3 Å². The maximum atomic E-state index is 10.2. The van der Waals surface area contributed by atoms with E-state index in [1.807, 2.05) is 0 Å². The molecule has 2 nitrogen and oxygen atoms in total. The number of aliphatic hydroxyl groups excluding tert-OH is 1. The fourth-order valence-corrected chi connectivity index (χ4v) is 5.08. The van der Waals surface area contributed by atoms with Crippen molar-refractivity contribution in [3.8, 4) is 0 Å². The highest BCUT2D eigenvalue weighted by atomic mass is 16.3. The maximum absolute atomic E-state index is 10.2. The van der Waals surface area contributed by atoms with E-state index < -0.39 is 0 Å². The van der Waals surface area contributed by atoms with Crippen LogP contribution in [-0.4, -0.2) is 34.7 Å². The zero-order valence-electron chi connectivity index (χ0n) is 12.6. The average molecular weight is 265 g/mol. The molecule has 1 N–H and O–H groups in total. The van der Waals surface area contributed by atoms with E-state index in [0.717, 1.165) is 18.4 Å². The molecule has 1 saturated heterocycles.